The molecule has 1 heterocycles. The van der Waals surface area contributed by atoms with E-state index < -0.39 is 14.8 Å². The van der Waals surface area contributed by atoms with Gasteiger partial charge in [-0.15, -0.1) is 0 Å². The number of rotatable bonds is 2. The van der Waals surface area contributed by atoms with Gasteiger partial charge in [0.15, 0.2) is 0 Å². The van der Waals surface area contributed by atoms with E-state index in [0.29, 0.717) is 13.1 Å². The van der Waals surface area contributed by atoms with Crippen LogP contribution in [0.1, 0.15) is 47.5 Å². The first-order valence-corrected chi connectivity index (χ1v) is 7.04. The molecule has 1 aliphatic heterocycles. The molecule has 1 aliphatic rings. The molecule has 1 saturated heterocycles. The van der Waals surface area contributed by atoms with E-state index in [9.17, 15) is 8.42 Å². The normalized spacial score (nSPS) is 20.9. The average molecular weight is 233 g/mol. The molecule has 90 valence electrons. The van der Waals surface area contributed by atoms with Crippen molar-refractivity contribution in [1.82, 2.24) is 4.31 Å². The third-order valence-electron chi connectivity index (χ3n) is 3.86. The molecule has 0 saturated carbocycles. The van der Waals surface area contributed by atoms with Crippen molar-refractivity contribution in [1.29, 1.82) is 0 Å². The van der Waals surface area contributed by atoms with Crippen LogP contribution in [0.3, 0.4) is 0 Å². The highest BCUT2D eigenvalue weighted by molar-refractivity contribution is 7.90. The van der Waals surface area contributed by atoms with Gasteiger partial charge >= 0.3 is 0 Å². The quantitative estimate of drug-likeness (QED) is 0.733. The maximum absolute atomic E-state index is 12.4. The minimum absolute atomic E-state index is 0.242. The van der Waals surface area contributed by atoms with Crippen LogP contribution in [-0.2, 0) is 10.0 Å². The van der Waals surface area contributed by atoms with E-state index >= 15 is 0 Å². The molecular formula is C11H23NO2S. The first kappa shape index (κ1) is 13.0. The monoisotopic (exact) mass is 233 g/mol. The van der Waals surface area contributed by atoms with Crippen molar-refractivity contribution in [2.45, 2.75) is 52.2 Å². The summed E-state index contributed by atoms with van der Waals surface area (Å²) in [5, 5.41) is 0. The summed E-state index contributed by atoms with van der Waals surface area (Å²) < 4.78 is 25.8. The van der Waals surface area contributed by atoms with Gasteiger partial charge in [-0.3, -0.25) is 0 Å². The largest absolute Gasteiger partial charge is 0.219 e. The van der Waals surface area contributed by atoms with Gasteiger partial charge < -0.3 is 0 Å². The molecule has 1 rings (SSSR count). The van der Waals surface area contributed by atoms with Crippen LogP contribution in [0.5, 0.6) is 0 Å². The average Bonchev–Trinajstić information content (AvgIpc) is 2.53. The number of hydrogen-bond donors (Lipinski definition) is 0. The van der Waals surface area contributed by atoms with Crippen molar-refractivity contribution >= 4 is 10.0 Å². The standard InChI is InChI=1S/C11H23NO2S/c1-10(2,3)11(4,5)15(13,14)12-8-6-7-9-12/h6-9H2,1-5H3. The third kappa shape index (κ3) is 2.07. The third-order valence-corrected chi connectivity index (χ3v) is 6.80. The highest BCUT2D eigenvalue weighted by atomic mass is 32.2. The van der Waals surface area contributed by atoms with Crippen molar-refractivity contribution in [2.24, 2.45) is 5.41 Å². The molecule has 0 N–H and O–H groups in total. The van der Waals surface area contributed by atoms with Gasteiger partial charge in [0.1, 0.15) is 0 Å². The lowest BCUT2D eigenvalue weighted by atomic mass is 9.83. The summed E-state index contributed by atoms with van der Waals surface area (Å²) in [5.74, 6) is 0. The highest BCUT2D eigenvalue weighted by Gasteiger charge is 2.47. The summed E-state index contributed by atoms with van der Waals surface area (Å²) >= 11 is 0. The van der Waals surface area contributed by atoms with Gasteiger partial charge in [-0.1, -0.05) is 20.8 Å². The first-order chi connectivity index (χ1) is 6.61. The van der Waals surface area contributed by atoms with Gasteiger partial charge in [-0.25, -0.2) is 12.7 Å². The fraction of sp³-hybridized carbons (Fsp3) is 1.00. The van der Waals surface area contributed by atoms with E-state index in [2.05, 4.69) is 0 Å². The minimum atomic E-state index is -3.16. The SMILES string of the molecule is CC(C)(C)C(C)(C)S(=O)(=O)N1CCCC1. The second-order valence-corrected chi connectivity index (χ2v) is 8.36. The van der Waals surface area contributed by atoms with Gasteiger partial charge in [0.2, 0.25) is 10.0 Å². The predicted molar refractivity (Wildman–Crippen MR) is 63.3 cm³/mol. The Kier molecular flexibility index (Phi) is 3.23. The van der Waals surface area contributed by atoms with Crippen molar-refractivity contribution in [3.05, 3.63) is 0 Å². The zero-order chi connectivity index (χ0) is 11.9. The Morgan fingerprint density at radius 1 is 0.933 bits per heavy atom. The second kappa shape index (κ2) is 3.74. The minimum Gasteiger partial charge on any atom is -0.212 e. The zero-order valence-corrected chi connectivity index (χ0v) is 11.3. The number of sulfonamides is 1. The molecule has 3 nitrogen and oxygen atoms in total. The lowest BCUT2D eigenvalue weighted by Crippen LogP contribution is -2.51. The van der Waals surface area contributed by atoms with Crippen LogP contribution in [0.4, 0.5) is 0 Å². The number of hydrogen-bond acceptors (Lipinski definition) is 2. The van der Waals surface area contributed by atoms with Crippen LogP contribution in [-0.4, -0.2) is 30.6 Å². The molecule has 15 heavy (non-hydrogen) atoms. The second-order valence-electron chi connectivity index (χ2n) is 5.87. The van der Waals surface area contributed by atoms with Gasteiger partial charge in [0.05, 0.1) is 4.75 Å². The Morgan fingerprint density at radius 3 is 1.67 bits per heavy atom. The maximum Gasteiger partial charge on any atom is 0.219 e. The zero-order valence-electron chi connectivity index (χ0n) is 10.5. The van der Waals surface area contributed by atoms with E-state index in [1.807, 2.05) is 34.6 Å². The van der Waals surface area contributed by atoms with E-state index in [1.54, 1.807) is 4.31 Å². The fourth-order valence-electron chi connectivity index (χ4n) is 1.64. The van der Waals surface area contributed by atoms with Crippen LogP contribution in [0.2, 0.25) is 0 Å². The Hall–Kier alpha value is -0.0900. The predicted octanol–water partition coefficient (Wildman–Crippen LogP) is 2.24. The van der Waals surface area contributed by atoms with E-state index in [-0.39, 0.29) is 5.41 Å². The van der Waals surface area contributed by atoms with Crippen molar-refractivity contribution in [3.63, 3.8) is 0 Å². The summed E-state index contributed by atoms with van der Waals surface area (Å²) in [5.41, 5.74) is -0.242. The molecule has 0 aromatic rings. The molecule has 1 fully saturated rings. The molecule has 0 unspecified atom stereocenters. The van der Waals surface area contributed by atoms with Crippen LogP contribution in [0, 0.1) is 5.41 Å². The van der Waals surface area contributed by atoms with Gasteiger partial charge in [0, 0.05) is 13.1 Å². The topological polar surface area (TPSA) is 37.4 Å². The van der Waals surface area contributed by atoms with Crippen LogP contribution in [0.25, 0.3) is 0 Å². The Bertz CT molecular complexity index is 319. The molecular weight excluding hydrogens is 210 g/mol. The van der Waals surface area contributed by atoms with Crippen LogP contribution in [0.15, 0.2) is 0 Å². The van der Waals surface area contributed by atoms with Gasteiger partial charge in [-0.05, 0) is 32.1 Å². The van der Waals surface area contributed by atoms with Crippen molar-refractivity contribution in [2.75, 3.05) is 13.1 Å². The maximum atomic E-state index is 12.4. The molecule has 0 amide bonds. The molecule has 0 spiro atoms. The van der Waals surface area contributed by atoms with Crippen molar-refractivity contribution in [3.8, 4) is 0 Å². The first-order valence-electron chi connectivity index (χ1n) is 5.60. The summed E-state index contributed by atoms with van der Waals surface area (Å²) in [7, 11) is -3.16. The molecule has 0 atom stereocenters. The summed E-state index contributed by atoms with van der Waals surface area (Å²) in [6, 6.07) is 0. The fourth-order valence-corrected chi connectivity index (χ4v) is 3.80. The Labute approximate surface area is 93.9 Å². The molecule has 0 aliphatic carbocycles. The number of nitrogens with zero attached hydrogens (tertiary/aromatic N) is 1. The summed E-state index contributed by atoms with van der Waals surface area (Å²) in [4.78, 5) is 0. The van der Waals surface area contributed by atoms with Crippen LogP contribution >= 0.6 is 0 Å². The van der Waals surface area contributed by atoms with E-state index in [1.165, 1.54) is 0 Å². The van der Waals surface area contributed by atoms with E-state index in [4.69, 9.17) is 0 Å². The van der Waals surface area contributed by atoms with Crippen molar-refractivity contribution < 1.29 is 8.42 Å². The summed E-state index contributed by atoms with van der Waals surface area (Å²) in [6.07, 6.45) is 2.00. The van der Waals surface area contributed by atoms with Gasteiger partial charge in [0.25, 0.3) is 0 Å². The Morgan fingerprint density at radius 2 is 1.33 bits per heavy atom. The molecule has 0 bridgehead atoms. The highest BCUT2D eigenvalue weighted by Crippen LogP contribution is 2.39. The summed E-state index contributed by atoms with van der Waals surface area (Å²) in [6.45, 7) is 11.0. The lowest BCUT2D eigenvalue weighted by Gasteiger charge is -2.40. The Balaban J connectivity index is 3.04. The molecule has 0 aromatic carbocycles. The van der Waals surface area contributed by atoms with Gasteiger partial charge in [-0.2, -0.15) is 0 Å². The van der Waals surface area contributed by atoms with E-state index in [0.717, 1.165) is 12.8 Å². The molecule has 4 heteroatoms. The lowest BCUT2D eigenvalue weighted by molar-refractivity contribution is 0.286. The van der Waals surface area contributed by atoms with Crippen LogP contribution < -0.4 is 0 Å². The smallest absolute Gasteiger partial charge is 0.212 e. The molecule has 0 aromatic heterocycles. The molecule has 0 radical (unpaired) electrons.